The highest BCUT2D eigenvalue weighted by atomic mass is 16.5. The summed E-state index contributed by atoms with van der Waals surface area (Å²) in [7, 11) is 1.95. The molecule has 6 nitrogen and oxygen atoms in total. The molecule has 29 heavy (non-hydrogen) atoms. The van der Waals surface area contributed by atoms with Crippen LogP contribution in [0.2, 0.25) is 0 Å². The quantitative estimate of drug-likeness (QED) is 0.718. The van der Waals surface area contributed by atoms with Crippen molar-refractivity contribution in [1.29, 1.82) is 0 Å². The summed E-state index contributed by atoms with van der Waals surface area (Å²) in [6, 6.07) is 5.34. The van der Waals surface area contributed by atoms with Gasteiger partial charge < -0.3 is 10.1 Å². The first kappa shape index (κ1) is 17.7. The second-order valence-electron chi connectivity index (χ2n) is 9.38. The first-order chi connectivity index (χ1) is 14.2. The predicted molar refractivity (Wildman–Crippen MR) is 113 cm³/mol. The van der Waals surface area contributed by atoms with Gasteiger partial charge in [0.1, 0.15) is 5.69 Å². The molecule has 0 spiro atoms. The van der Waals surface area contributed by atoms with Crippen molar-refractivity contribution in [3.05, 3.63) is 35.7 Å². The van der Waals surface area contributed by atoms with Crippen LogP contribution in [0.4, 0.5) is 0 Å². The van der Waals surface area contributed by atoms with E-state index in [0.717, 1.165) is 41.8 Å². The van der Waals surface area contributed by atoms with Gasteiger partial charge in [-0.15, -0.1) is 0 Å². The van der Waals surface area contributed by atoms with Crippen LogP contribution < -0.4 is 5.32 Å². The third-order valence-corrected chi connectivity index (χ3v) is 7.67. The van der Waals surface area contributed by atoms with Gasteiger partial charge in [0.2, 0.25) is 0 Å². The molecule has 1 saturated carbocycles. The summed E-state index contributed by atoms with van der Waals surface area (Å²) in [6.07, 6.45) is 7.75. The molecule has 3 fully saturated rings. The van der Waals surface area contributed by atoms with Gasteiger partial charge in [-0.2, -0.15) is 10.2 Å². The lowest BCUT2D eigenvalue weighted by atomic mass is 9.84. The van der Waals surface area contributed by atoms with Crippen LogP contribution in [-0.2, 0) is 11.8 Å². The molecule has 0 amide bonds. The number of hydrogen-bond acceptors (Lipinski definition) is 4. The maximum atomic E-state index is 5.69. The summed E-state index contributed by atoms with van der Waals surface area (Å²) in [5.41, 5.74) is 6.10. The highest BCUT2D eigenvalue weighted by Crippen LogP contribution is 2.49. The van der Waals surface area contributed by atoms with Crippen LogP contribution in [0.3, 0.4) is 0 Å². The van der Waals surface area contributed by atoms with Gasteiger partial charge in [-0.3, -0.25) is 9.78 Å². The molecule has 2 saturated heterocycles. The van der Waals surface area contributed by atoms with Gasteiger partial charge in [0, 0.05) is 42.8 Å². The number of hydrogen-bond donors (Lipinski definition) is 2. The fourth-order valence-electron chi connectivity index (χ4n) is 6.27. The standard InChI is InChI=1S/C23H29N5O/c1-13-5-21-20(23(27-26-21)17-10-25-28(2)11-17)8-18(13)15-6-16-9-24-22(19(16)7-15)14-3-4-29-12-14/h5,8,10-11,14-16,19,22,24H,3-4,6-7,9,12H2,1-2H3,(H,26,27)/t14-,15+,16-,19+,22-/m1/s1. The van der Waals surface area contributed by atoms with Gasteiger partial charge in [-0.25, -0.2) is 0 Å². The number of nitrogens with one attached hydrogen (secondary N) is 2. The predicted octanol–water partition coefficient (Wildman–Crippen LogP) is 3.39. The van der Waals surface area contributed by atoms with Crippen LogP contribution >= 0.6 is 0 Å². The molecule has 6 heteroatoms. The molecule has 2 aromatic heterocycles. The van der Waals surface area contributed by atoms with Crippen LogP contribution in [0.15, 0.2) is 24.5 Å². The van der Waals surface area contributed by atoms with E-state index in [4.69, 9.17) is 4.74 Å². The number of aromatic amines is 1. The van der Waals surface area contributed by atoms with E-state index in [1.54, 1.807) is 0 Å². The van der Waals surface area contributed by atoms with Crippen molar-refractivity contribution in [3.63, 3.8) is 0 Å². The molecular weight excluding hydrogens is 362 g/mol. The smallest absolute Gasteiger partial charge is 0.103 e. The van der Waals surface area contributed by atoms with E-state index in [1.165, 1.54) is 42.3 Å². The molecule has 4 heterocycles. The molecule has 0 bridgehead atoms. The zero-order chi connectivity index (χ0) is 19.5. The molecular formula is C23H29N5O. The average molecular weight is 392 g/mol. The Bertz CT molecular complexity index is 1050. The normalized spacial score (nSPS) is 31.7. The maximum Gasteiger partial charge on any atom is 0.103 e. The van der Waals surface area contributed by atoms with Crippen molar-refractivity contribution >= 4 is 10.9 Å². The molecule has 2 N–H and O–H groups in total. The van der Waals surface area contributed by atoms with Crippen molar-refractivity contribution < 1.29 is 4.74 Å². The summed E-state index contributed by atoms with van der Waals surface area (Å²) in [4.78, 5) is 0. The lowest BCUT2D eigenvalue weighted by molar-refractivity contribution is 0.171. The van der Waals surface area contributed by atoms with E-state index in [1.807, 2.05) is 24.1 Å². The first-order valence-corrected chi connectivity index (χ1v) is 11.0. The highest BCUT2D eigenvalue weighted by molar-refractivity contribution is 5.93. The number of H-pyrrole nitrogens is 1. The van der Waals surface area contributed by atoms with Crippen molar-refractivity contribution in [2.24, 2.45) is 24.8 Å². The molecule has 6 rings (SSSR count). The Labute approximate surface area is 171 Å². The van der Waals surface area contributed by atoms with Crippen LogP contribution in [0.25, 0.3) is 22.2 Å². The van der Waals surface area contributed by atoms with E-state index < -0.39 is 0 Å². The van der Waals surface area contributed by atoms with Crippen LogP contribution in [-0.4, -0.2) is 45.8 Å². The monoisotopic (exact) mass is 391 g/mol. The summed E-state index contributed by atoms with van der Waals surface area (Å²) in [5, 5.41) is 17.2. The van der Waals surface area contributed by atoms with Gasteiger partial charge >= 0.3 is 0 Å². The number of aromatic nitrogens is 4. The molecule has 152 valence electrons. The molecule has 0 radical (unpaired) electrons. The van der Waals surface area contributed by atoms with E-state index >= 15 is 0 Å². The van der Waals surface area contributed by atoms with Crippen LogP contribution in [0, 0.1) is 24.7 Å². The minimum atomic E-state index is 0.649. The van der Waals surface area contributed by atoms with Crippen molar-refractivity contribution in [2.75, 3.05) is 19.8 Å². The van der Waals surface area contributed by atoms with Crippen molar-refractivity contribution in [3.8, 4) is 11.3 Å². The average Bonchev–Trinajstić information content (AvgIpc) is 3.49. The van der Waals surface area contributed by atoms with Gasteiger partial charge in [-0.05, 0) is 73.7 Å². The topological polar surface area (TPSA) is 67.8 Å². The lowest BCUT2D eigenvalue weighted by Gasteiger charge is -2.24. The lowest BCUT2D eigenvalue weighted by Crippen LogP contribution is -2.35. The Morgan fingerprint density at radius 1 is 1.21 bits per heavy atom. The van der Waals surface area contributed by atoms with Gasteiger partial charge in [0.05, 0.1) is 18.3 Å². The SMILES string of the molecule is Cc1cc2[nH]nc(-c3cnn(C)c3)c2cc1[C@H]1C[C@@H]2CN[C@H]([C@@H]3CCOC3)[C@H]2C1. The minimum Gasteiger partial charge on any atom is -0.381 e. The molecule has 3 aliphatic rings. The highest BCUT2D eigenvalue weighted by Gasteiger charge is 2.47. The third kappa shape index (κ3) is 2.84. The van der Waals surface area contributed by atoms with E-state index in [0.29, 0.717) is 17.9 Å². The summed E-state index contributed by atoms with van der Waals surface area (Å²) in [5.74, 6) is 2.96. The van der Waals surface area contributed by atoms with Crippen molar-refractivity contribution in [2.45, 2.75) is 38.1 Å². The molecule has 1 aromatic carbocycles. The summed E-state index contributed by atoms with van der Waals surface area (Å²) >= 11 is 0. The van der Waals surface area contributed by atoms with Crippen molar-refractivity contribution in [1.82, 2.24) is 25.3 Å². The molecule has 0 unspecified atom stereocenters. The third-order valence-electron chi connectivity index (χ3n) is 7.67. The van der Waals surface area contributed by atoms with Gasteiger partial charge in [-0.1, -0.05) is 0 Å². The Balaban J connectivity index is 1.32. The number of fused-ring (bicyclic) bond motifs is 2. The molecule has 2 aliphatic heterocycles. The fourth-order valence-corrected chi connectivity index (χ4v) is 6.27. The van der Waals surface area contributed by atoms with E-state index in [-0.39, 0.29) is 0 Å². The molecule has 1 aliphatic carbocycles. The Hall–Kier alpha value is -2.18. The largest absolute Gasteiger partial charge is 0.381 e. The Morgan fingerprint density at radius 2 is 2.14 bits per heavy atom. The number of ether oxygens (including phenoxy) is 1. The zero-order valence-electron chi connectivity index (χ0n) is 17.2. The second kappa shape index (κ2) is 6.67. The maximum absolute atomic E-state index is 5.69. The summed E-state index contributed by atoms with van der Waals surface area (Å²) in [6.45, 7) is 5.32. The number of benzene rings is 1. The Kier molecular flexibility index (Phi) is 4.06. The summed E-state index contributed by atoms with van der Waals surface area (Å²) < 4.78 is 7.52. The van der Waals surface area contributed by atoms with Gasteiger partial charge in [0.15, 0.2) is 0 Å². The number of rotatable bonds is 3. The van der Waals surface area contributed by atoms with Crippen LogP contribution in [0.5, 0.6) is 0 Å². The molecule has 5 atom stereocenters. The van der Waals surface area contributed by atoms with E-state index in [2.05, 4.69) is 39.7 Å². The number of aryl methyl sites for hydroxylation is 2. The second-order valence-corrected chi connectivity index (χ2v) is 9.38. The van der Waals surface area contributed by atoms with Crippen LogP contribution in [0.1, 0.15) is 36.3 Å². The molecule has 3 aromatic rings. The van der Waals surface area contributed by atoms with E-state index in [9.17, 15) is 0 Å². The first-order valence-electron chi connectivity index (χ1n) is 11.0. The Morgan fingerprint density at radius 3 is 2.93 bits per heavy atom. The number of nitrogens with zero attached hydrogens (tertiary/aromatic N) is 3. The fraction of sp³-hybridized carbons (Fsp3) is 0.565. The zero-order valence-corrected chi connectivity index (χ0v) is 17.2. The van der Waals surface area contributed by atoms with Gasteiger partial charge in [0.25, 0.3) is 0 Å². The minimum absolute atomic E-state index is 0.649.